The molecular weight excluding hydrogens is 206 g/mol. The molecule has 1 heterocycles. The van der Waals surface area contributed by atoms with Crippen molar-refractivity contribution >= 4 is 23.0 Å². The predicted molar refractivity (Wildman–Crippen MR) is 68.1 cm³/mol. The molecule has 0 bridgehead atoms. The van der Waals surface area contributed by atoms with Crippen LogP contribution in [0.2, 0.25) is 0 Å². The molecule has 3 nitrogen and oxygen atoms in total. The summed E-state index contributed by atoms with van der Waals surface area (Å²) in [5.74, 6) is 0.842. The molecule has 0 radical (unpaired) electrons. The van der Waals surface area contributed by atoms with Gasteiger partial charge in [0.2, 0.25) is 0 Å². The minimum Gasteiger partial charge on any atom is -0.389 e. The summed E-state index contributed by atoms with van der Waals surface area (Å²) in [6.45, 7) is 4.30. The fraction of sp³-hybridized carbons (Fsp3) is 0.455. The summed E-state index contributed by atoms with van der Waals surface area (Å²) in [6.07, 6.45) is 3.88. The number of nitrogens with one attached hydrogen (secondary N) is 1. The molecule has 0 saturated heterocycles. The van der Waals surface area contributed by atoms with E-state index < -0.39 is 0 Å². The number of aromatic nitrogens is 1. The minimum absolute atomic E-state index is 0.407. The smallest absolute Gasteiger partial charge is 0.126 e. The van der Waals surface area contributed by atoms with E-state index in [0.29, 0.717) is 11.0 Å². The first-order chi connectivity index (χ1) is 7.17. The molecule has 0 aliphatic rings. The fourth-order valence-corrected chi connectivity index (χ4v) is 1.49. The molecule has 1 aromatic heterocycles. The van der Waals surface area contributed by atoms with Gasteiger partial charge < -0.3 is 11.1 Å². The van der Waals surface area contributed by atoms with Crippen LogP contribution in [0, 0.1) is 0 Å². The molecule has 0 fully saturated rings. The van der Waals surface area contributed by atoms with E-state index in [-0.39, 0.29) is 0 Å². The number of thiocarbonyl (C=S) groups is 1. The molecule has 1 rings (SSSR count). The molecule has 0 atom stereocenters. The van der Waals surface area contributed by atoms with E-state index in [1.165, 1.54) is 0 Å². The van der Waals surface area contributed by atoms with Gasteiger partial charge in [0, 0.05) is 17.8 Å². The summed E-state index contributed by atoms with van der Waals surface area (Å²) < 4.78 is 0. The van der Waals surface area contributed by atoms with E-state index in [4.69, 9.17) is 18.0 Å². The summed E-state index contributed by atoms with van der Waals surface area (Å²) in [4.78, 5) is 4.64. The Balaban J connectivity index is 2.77. The van der Waals surface area contributed by atoms with Gasteiger partial charge in [-0.1, -0.05) is 26.1 Å². The predicted octanol–water partition coefficient (Wildman–Crippen LogP) is 2.32. The highest BCUT2D eigenvalue weighted by Gasteiger charge is 2.04. The second kappa shape index (κ2) is 5.66. The molecule has 0 unspecified atom stereocenters. The number of anilines is 1. The lowest BCUT2D eigenvalue weighted by Crippen LogP contribution is -2.18. The Labute approximate surface area is 96.1 Å². The lowest BCUT2D eigenvalue weighted by Gasteiger charge is -2.15. The first-order valence-electron chi connectivity index (χ1n) is 5.19. The van der Waals surface area contributed by atoms with Crippen LogP contribution >= 0.6 is 12.2 Å². The Hall–Kier alpha value is -1.16. The maximum absolute atomic E-state index is 5.55. The van der Waals surface area contributed by atoms with Crippen LogP contribution in [-0.2, 0) is 0 Å². The summed E-state index contributed by atoms with van der Waals surface area (Å²) in [5.41, 5.74) is 6.41. The van der Waals surface area contributed by atoms with E-state index in [1.54, 1.807) is 6.20 Å². The maximum atomic E-state index is 5.55. The molecule has 1 aromatic rings. The highest BCUT2D eigenvalue weighted by molar-refractivity contribution is 7.80. The van der Waals surface area contributed by atoms with Crippen molar-refractivity contribution < 1.29 is 0 Å². The second-order valence-corrected chi connectivity index (χ2v) is 3.89. The Morgan fingerprint density at radius 3 is 2.73 bits per heavy atom. The topological polar surface area (TPSA) is 50.9 Å². The van der Waals surface area contributed by atoms with Gasteiger partial charge >= 0.3 is 0 Å². The van der Waals surface area contributed by atoms with Crippen molar-refractivity contribution in [2.24, 2.45) is 5.73 Å². The lowest BCUT2D eigenvalue weighted by atomic mass is 10.1. The second-order valence-electron chi connectivity index (χ2n) is 3.45. The third-order valence-corrected chi connectivity index (χ3v) is 2.62. The van der Waals surface area contributed by atoms with Crippen molar-refractivity contribution in [3.8, 4) is 0 Å². The highest BCUT2D eigenvalue weighted by atomic mass is 32.1. The van der Waals surface area contributed by atoms with Gasteiger partial charge in [0.25, 0.3) is 0 Å². The monoisotopic (exact) mass is 223 g/mol. The standard InChI is InChI=1S/C11H17N3S/c1-3-9(4-2)14-10-7-8(11(12)15)5-6-13-10/h5-7,9H,3-4H2,1-2H3,(H2,12,15)(H,13,14). The summed E-state index contributed by atoms with van der Waals surface area (Å²) in [5, 5.41) is 3.35. The SMILES string of the molecule is CCC(CC)Nc1cc(C(N)=S)ccn1. The Morgan fingerprint density at radius 2 is 2.20 bits per heavy atom. The average Bonchev–Trinajstić information content (AvgIpc) is 2.26. The minimum atomic E-state index is 0.407. The number of pyridine rings is 1. The number of nitrogens with two attached hydrogens (primary N) is 1. The van der Waals surface area contributed by atoms with Crippen molar-refractivity contribution in [1.29, 1.82) is 0 Å². The van der Waals surface area contributed by atoms with Gasteiger partial charge in [-0.15, -0.1) is 0 Å². The van der Waals surface area contributed by atoms with Crippen LogP contribution in [0.15, 0.2) is 18.3 Å². The van der Waals surface area contributed by atoms with Gasteiger partial charge in [-0.25, -0.2) is 4.98 Å². The van der Waals surface area contributed by atoms with Gasteiger partial charge in [-0.2, -0.15) is 0 Å². The Morgan fingerprint density at radius 1 is 1.53 bits per heavy atom. The number of nitrogens with zero attached hydrogens (tertiary/aromatic N) is 1. The lowest BCUT2D eigenvalue weighted by molar-refractivity contribution is 0.668. The molecule has 15 heavy (non-hydrogen) atoms. The van der Waals surface area contributed by atoms with Crippen LogP contribution in [0.25, 0.3) is 0 Å². The molecule has 0 aliphatic heterocycles. The van der Waals surface area contributed by atoms with Crippen LogP contribution in [0.1, 0.15) is 32.3 Å². The molecule has 0 saturated carbocycles. The Bertz CT molecular complexity index is 334. The number of hydrogen-bond acceptors (Lipinski definition) is 3. The van der Waals surface area contributed by atoms with Gasteiger partial charge in [0.15, 0.2) is 0 Å². The summed E-state index contributed by atoms with van der Waals surface area (Å²) in [7, 11) is 0. The van der Waals surface area contributed by atoms with E-state index in [2.05, 4.69) is 24.1 Å². The quantitative estimate of drug-likeness (QED) is 0.752. The number of rotatable bonds is 5. The van der Waals surface area contributed by atoms with Gasteiger partial charge in [-0.05, 0) is 25.0 Å². The van der Waals surface area contributed by atoms with Gasteiger partial charge in [0.05, 0.1) is 0 Å². The highest BCUT2D eigenvalue weighted by Crippen LogP contribution is 2.10. The zero-order valence-electron chi connectivity index (χ0n) is 9.16. The van der Waals surface area contributed by atoms with Crippen molar-refractivity contribution in [2.75, 3.05) is 5.32 Å². The average molecular weight is 223 g/mol. The summed E-state index contributed by atoms with van der Waals surface area (Å²) >= 11 is 4.91. The van der Waals surface area contributed by atoms with Crippen molar-refractivity contribution in [1.82, 2.24) is 4.98 Å². The first kappa shape index (κ1) is 11.9. The molecule has 0 spiro atoms. The molecule has 0 aromatic carbocycles. The van der Waals surface area contributed by atoms with Crippen molar-refractivity contribution in [2.45, 2.75) is 32.7 Å². The van der Waals surface area contributed by atoms with Crippen LogP contribution in [0.5, 0.6) is 0 Å². The zero-order valence-corrected chi connectivity index (χ0v) is 9.97. The summed E-state index contributed by atoms with van der Waals surface area (Å²) in [6, 6.07) is 4.17. The van der Waals surface area contributed by atoms with E-state index in [0.717, 1.165) is 24.2 Å². The third-order valence-electron chi connectivity index (χ3n) is 2.38. The fourth-order valence-electron chi connectivity index (χ4n) is 1.36. The molecular formula is C11H17N3S. The largest absolute Gasteiger partial charge is 0.389 e. The van der Waals surface area contributed by atoms with Gasteiger partial charge in [0.1, 0.15) is 10.8 Å². The molecule has 4 heteroatoms. The Kier molecular flexibility index (Phi) is 4.49. The zero-order chi connectivity index (χ0) is 11.3. The normalized spacial score (nSPS) is 10.3. The van der Waals surface area contributed by atoms with Crippen LogP contribution in [-0.4, -0.2) is 16.0 Å². The maximum Gasteiger partial charge on any atom is 0.126 e. The molecule has 0 aliphatic carbocycles. The van der Waals surface area contributed by atoms with E-state index in [9.17, 15) is 0 Å². The van der Waals surface area contributed by atoms with Crippen LogP contribution in [0.4, 0.5) is 5.82 Å². The van der Waals surface area contributed by atoms with Crippen LogP contribution < -0.4 is 11.1 Å². The van der Waals surface area contributed by atoms with E-state index in [1.807, 2.05) is 12.1 Å². The molecule has 82 valence electrons. The van der Waals surface area contributed by atoms with Crippen LogP contribution in [0.3, 0.4) is 0 Å². The van der Waals surface area contributed by atoms with Gasteiger partial charge in [-0.3, -0.25) is 0 Å². The number of hydrogen-bond donors (Lipinski definition) is 2. The van der Waals surface area contributed by atoms with E-state index >= 15 is 0 Å². The molecule has 3 N–H and O–H groups in total. The first-order valence-corrected chi connectivity index (χ1v) is 5.60. The van der Waals surface area contributed by atoms with Crippen molar-refractivity contribution in [3.63, 3.8) is 0 Å². The third kappa shape index (κ3) is 3.47. The molecule has 0 amide bonds. The van der Waals surface area contributed by atoms with Crippen molar-refractivity contribution in [3.05, 3.63) is 23.9 Å².